The largest absolute Gasteiger partial charge is 0.504 e. The molecule has 30 heavy (non-hydrogen) atoms. The molecule has 0 unspecified atom stereocenters. The monoisotopic (exact) mass is 434 g/mol. The molecule has 0 radical (unpaired) electrons. The topological polar surface area (TPSA) is 112 Å². The molecule has 2 atom stereocenters. The Hall–Kier alpha value is -3.07. The summed E-state index contributed by atoms with van der Waals surface area (Å²) in [6, 6.07) is 8.19. The average molecular weight is 434 g/mol. The van der Waals surface area contributed by atoms with Crippen molar-refractivity contribution >= 4 is 24.8 Å². The van der Waals surface area contributed by atoms with Crippen molar-refractivity contribution in [3.8, 4) is 23.0 Å². The highest BCUT2D eigenvalue weighted by atomic mass is 32.1. The van der Waals surface area contributed by atoms with Crippen molar-refractivity contribution in [1.29, 1.82) is 0 Å². The van der Waals surface area contributed by atoms with Gasteiger partial charge in [0.05, 0.1) is 18.2 Å². The number of hydrogen-bond donors (Lipinski definition) is 3. The Morgan fingerprint density at radius 2 is 1.33 bits per heavy atom. The summed E-state index contributed by atoms with van der Waals surface area (Å²) in [5.74, 6) is -1.28. The number of carbonyl (C=O) groups excluding carboxylic acids is 2. The van der Waals surface area contributed by atoms with Crippen LogP contribution in [-0.4, -0.2) is 41.5 Å². The van der Waals surface area contributed by atoms with Gasteiger partial charge in [0.2, 0.25) is 0 Å². The van der Waals surface area contributed by atoms with Gasteiger partial charge in [0.1, 0.15) is 12.2 Å². The van der Waals surface area contributed by atoms with E-state index in [1.807, 2.05) is 0 Å². The molecule has 2 N–H and O–H groups in total. The first-order chi connectivity index (χ1) is 14.4. The molecule has 0 amide bonds. The van der Waals surface area contributed by atoms with Crippen LogP contribution in [0.5, 0.6) is 23.0 Å². The quantitative estimate of drug-likeness (QED) is 0.359. The van der Waals surface area contributed by atoms with Gasteiger partial charge in [-0.3, -0.25) is 0 Å². The van der Waals surface area contributed by atoms with Crippen LogP contribution in [0.15, 0.2) is 36.4 Å². The van der Waals surface area contributed by atoms with Gasteiger partial charge in [-0.1, -0.05) is 0 Å². The molecule has 3 rings (SSSR count). The summed E-state index contributed by atoms with van der Waals surface area (Å²) in [4.78, 5) is 25.1. The van der Waals surface area contributed by atoms with E-state index in [0.717, 1.165) is 12.8 Å². The Kier molecular flexibility index (Phi) is 6.94. The molecule has 2 aromatic rings. The van der Waals surface area contributed by atoms with E-state index >= 15 is 0 Å². The lowest BCUT2D eigenvalue weighted by molar-refractivity contribution is -0.0514. The molecule has 0 aliphatic heterocycles. The number of phenolic OH excluding ortho intramolecular Hbond substituents is 2. The number of ether oxygens (including phenoxy) is 3. The van der Waals surface area contributed by atoms with Gasteiger partial charge >= 0.3 is 11.9 Å². The van der Waals surface area contributed by atoms with Gasteiger partial charge in [0, 0.05) is 19.0 Å². The van der Waals surface area contributed by atoms with Crippen LogP contribution in [-0.2, 0) is 9.47 Å². The minimum atomic E-state index is -0.624. The number of thiol groups is 1. The molecule has 1 aliphatic rings. The molecule has 2 aromatic carbocycles. The van der Waals surface area contributed by atoms with Crippen molar-refractivity contribution in [3.63, 3.8) is 0 Å². The minimum Gasteiger partial charge on any atom is -0.504 e. The van der Waals surface area contributed by atoms with Crippen LogP contribution in [0.1, 0.15) is 46.4 Å². The maximum absolute atomic E-state index is 12.6. The van der Waals surface area contributed by atoms with Crippen LogP contribution in [0.25, 0.3) is 0 Å². The number of benzene rings is 2. The molecule has 0 spiro atoms. The predicted molar refractivity (Wildman–Crippen MR) is 109 cm³/mol. The van der Waals surface area contributed by atoms with Gasteiger partial charge in [0.25, 0.3) is 0 Å². The van der Waals surface area contributed by atoms with Crippen molar-refractivity contribution < 1.29 is 38.2 Å². The van der Waals surface area contributed by atoms with Crippen LogP contribution in [0.3, 0.4) is 0 Å². The van der Waals surface area contributed by atoms with Gasteiger partial charge in [-0.05, 0) is 56.0 Å². The first kappa shape index (κ1) is 21.6. The Morgan fingerprint density at radius 1 is 0.867 bits per heavy atom. The second-order valence-corrected chi connectivity index (χ2v) is 7.01. The molecular weight excluding hydrogens is 412 g/mol. The Morgan fingerprint density at radius 3 is 1.80 bits per heavy atom. The van der Waals surface area contributed by atoms with Crippen molar-refractivity contribution in [2.45, 2.75) is 37.9 Å². The number of esters is 2. The summed E-state index contributed by atoms with van der Waals surface area (Å²) in [6.45, 7) is 0. The molecule has 0 saturated heterocycles. The molecule has 1 aliphatic carbocycles. The number of aromatic hydroxyl groups is 2. The summed E-state index contributed by atoms with van der Waals surface area (Å²) in [5, 5.41) is 19.3. The van der Waals surface area contributed by atoms with Gasteiger partial charge in [-0.25, -0.2) is 9.59 Å². The van der Waals surface area contributed by atoms with E-state index in [1.165, 1.54) is 43.5 Å². The SMILES string of the molecule is COc1cc(C(=O)O[C@@H]2CCCC[C@H]2OC(=O)c2ccc(O)c(OS)c2)ccc1O. The van der Waals surface area contributed by atoms with Crippen LogP contribution in [0.2, 0.25) is 0 Å². The highest BCUT2D eigenvalue weighted by Gasteiger charge is 2.32. The van der Waals surface area contributed by atoms with Crippen molar-refractivity contribution in [1.82, 2.24) is 0 Å². The van der Waals surface area contributed by atoms with Crippen LogP contribution >= 0.6 is 12.9 Å². The van der Waals surface area contributed by atoms with E-state index in [1.54, 1.807) is 0 Å². The van der Waals surface area contributed by atoms with E-state index in [-0.39, 0.29) is 34.1 Å². The molecule has 1 saturated carbocycles. The summed E-state index contributed by atoms with van der Waals surface area (Å²) in [7, 11) is 1.38. The van der Waals surface area contributed by atoms with E-state index in [0.29, 0.717) is 12.8 Å². The second-order valence-electron chi connectivity index (χ2n) is 6.83. The average Bonchev–Trinajstić information content (AvgIpc) is 2.75. The zero-order chi connectivity index (χ0) is 21.7. The number of methoxy groups -OCH3 is 1. The normalized spacial score (nSPS) is 18.3. The van der Waals surface area contributed by atoms with Crippen LogP contribution in [0.4, 0.5) is 0 Å². The number of phenols is 2. The highest BCUT2D eigenvalue weighted by molar-refractivity contribution is 7.75. The van der Waals surface area contributed by atoms with E-state index in [9.17, 15) is 19.8 Å². The van der Waals surface area contributed by atoms with E-state index in [2.05, 4.69) is 12.9 Å². The third kappa shape index (κ3) is 4.91. The summed E-state index contributed by atoms with van der Waals surface area (Å²) >= 11 is 3.64. The third-order valence-corrected chi connectivity index (χ3v) is 5.06. The van der Waals surface area contributed by atoms with Crippen molar-refractivity contribution in [2.75, 3.05) is 7.11 Å². The van der Waals surface area contributed by atoms with Gasteiger partial charge in [0.15, 0.2) is 23.0 Å². The minimum absolute atomic E-state index is 0.0284. The van der Waals surface area contributed by atoms with E-state index in [4.69, 9.17) is 18.4 Å². The van der Waals surface area contributed by atoms with Crippen LogP contribution < -0.4 is 8.92 Å². The number of hydrogen-bond acceptors (Lipinski definition) is 9. The summed E-state index contributed by atoms with van der Waals surface area (Å²) in [6.07, 6.45) is 1.56. The highest BCUT2D eigenvalue weighted by Crippen LogP contribution is 2.31. The Balaban J connectivity index is 1.70. The summed E-state index contributed by atoms with van der Waals surface area (Å²) in [5.41, 5.74) is 0.394. The maximum atomic E-state index is 12.6. The number of carbonyl (C=O) groups is 2. The first-order valence-electron chi connectivity index (χ1n) is 9.36. The molecule has 9 heteroatoms. The fraction of sp³-hybridized carbons (Fsp3) is 0.333. The van der Waals surface area contributed by atoms with Gasteiger partial charge < -0.3 is 28.6 Å². The van der Waals surface area contributed by atoms with Crippen molar-refractivity contribution in [2.24, 2.45) is 0 Å². The van der Waals surface area contributed by atoms with Gasteiger partial charge in [-0.2, -0.15) is 0 Å². The fourth-order valence-electron chi connectivity index (χ4n) is 3.26. The first-order valence-corrected chi connectivity index (χ1v) is 9.73. The third-order valence-electron chi connectivity index (χ3n) is 4.87. The van der Waals surface area contributed by atoms with Gasteiger partial charge in [-0.15, -0.1) is 0 Å². The lowest BCUT2D eigenvalue weighted by Gasteiger charge is -2.30. The molecule has 0 heterocycles. The Bertz CT molecular complexity index is 854. The predicted octanol–water partition coefficient (Wildman–Crippen LogP) is 3.66. The molecule has 0 aromatic heterocycles. The molecule has 8 nitrogen and oxygen atoms in total. The molecule has 160 valence electrons. The summed E-state index contributed by atoms with van der Waals surface area (Å²) < 4.78 is 20.9. The fourth-order valence-corrected chi connectivity index (χ4v) is 3.41. The zero-order valence-corrected chi connectivity index (χ0v) is 17.1. The molecular formula is C21H22O8S. The standard InChI is InChI=1S/C21H22O8S/c1-26-18-10-12(6-8-14(18)22)20(24)27-16-4-2-3-5-17(16)28-21(25)13-7-9-15(23)19(11-13)29-30/h6-11,16-17,22-23,30H,2-5H2,1H3/t16-,17-/m1/s1. The van der Waals surface area contributed by atoms with Crippen LogP contribution in [0, 0.1) is 0 Å². The lowest BCUT2D eigenvalue weighted by Crippen LogP contribution is -2.37. The van der Waals surface area contributed by atoms with Crippen molar-refractivity contribution in [3.05, 3.63) is 47.5 Å². The number of rotatable bonds is 6. The lowest BCUT2D eigenvalue weighted by atomic mass is 9.94. The van der Waals surface area contributed by atoms with E-state index < -0.39 is 24.1 Å². The Labute approximate surface area is 178 Å². The molecule has 1 fully saturated rings. The smallest absolute Gasteiger partial charge is 0.338 e. The molecule has 0 bridgehead atoms. The maximum Gasteiger partial charge on any atom is 0.338 e. The zero-order valence-electron chi connectivity index (χ0n) is 16.2. The second kappa shape index (κ2) is 9.62.